The Labute approximate surface area is 121 Å². The summed E-state index contributed by atoms with van der Waals surface area (Å²) in [4.78, 5) is 0. The molecule has 0 saturated heterocycles. The first kappa shape index (κ1) is 14.2. The maximum Gasteiger partial charge on any atom is 0.0790 e. The van der Waals surface area contributed by atoms with Crippen molar-refractivity contribution >= 4 is 15.9 Å². The van der Waals surface area contributed by atoms with E-state index in [0.717, 1.165) is 28.9 Å². The second kappa shape index (κ2) is 6.84. The maximum atomic E-state index is 4.99. The number of benzene rings is 1. The van der Waals surface area contributed by atoms with Crippen LogP contribution >= 0.6 is 15.9 Å². The molecule has 0 atom stereocenters. The molecule has 0 fully saturated rings. The van der Waals surface area contributed by atoms with Crippen LogP contribution in [0.2, 0.25) is 0 Å². The van der Waals surface area contributed by atoms with Crippen molar-refractivity contribution in [3.63, 3.8) is 0 Å². The van der Waals surface area contributed by atoms with Gasteiger partial charge in [-0.1, -0.05) is 12.1 Å². The minimum atomic E-state index is 0.712. The van der Waals surface area contributed by atoms with Crippen molar-refractivity contribution in [3.8, 4) is 5.69 Å². The van der Waals surface area contributed by atoms with Gasteiger partial charge in [0.25, 0.3) is 0 Å². The Balaban J connectivity index is 2.06. The number of ether oxygens (including phenoxy) is 1. The molecular weight excluding hydrogens is 306 g/mol. The molecule has 19 heavy (non-hydrogen) atoms. The highest BCUT2D eigenvalue weighted by Gasteiger charge is 2.06. The Morgan fingerprint density at radius 3 is 3.00 bits per heavy atom. The molecule has 0 unspecified atom stereocenters. The second-order valence-corrected chi connectivity index (χ2v) is 5.12. The van der Waals surface area contributed by atoms with Crippen molar-refractivity contribution in [3.05, 3.63) is 46.2 Å². The van der Waals surface area contributed by atoms with Gasteiger partial charge >= 0.3 is 0 Å². The average Bonchev–Trinajstić information content (AvgIpc) is 2.87. The molecular formula is C14H18BrN3O. The number of rotatable bonds is 6. The van der Waals surface area contributed by atoms with Crippen LogP contribution < -0.4 is 5.32 Å². The summed E-state index contributed by atoms with van der Waals surface area (Å²) >= 11 is 3.61. The third-order valence-corrected chi connectivity index (χ3v) is 3.88. The Kier molecular flexibility index (Phi) is 5.13. The van der Waals surface area contributed by atoms with Crippen LogP contribution in [-0.4, -0.2) is 30.0 Å². The number of hydrogen-bond acceptors (Lipinski definition) is 3. The van der Waals surface area contributed by atoms with E-state index in [1.54, 1.807) is 7.11 Å². The van der Waals surface area contributed by atoms with Gasteiger partial charge in [0.1, 0.15) is 0 Å². The first-order chi connectivity index (χ1) is 9.22. The van der Waals surface area contributed by atoms with E-state index in [-0.39, 0.29) is 0 Å². The van der Waals surface area contributed by atoms with E-state index < -0.39 is 0 Å². The highest BCUT2D eigenvalue weighted by molar-refractivity contribution is 9.10. The Hall–Kier alpha value is -1.17. The van der Waals surface area contributed by atoms with Gasteiger partial charge in [0, 0.05) is 30.9 Å². The summed E-state index contributed by atoms with van der Waals surface area (Å²) in [6.07, 6.45) is 1.98. The standard InChI is InChI=1S/C14H18BrN3O/c1-11-4-3-5-13(14(11)15)18-8-6-12(17-18)10-16-7-9-19-2/h3-6,8,16H,7,9-10H2,1-2H3. The lowest BCUT2D eigenvalue weighted by Crippen LogP contribution is -2.18. The zero-order valence-corrected chi connectivity index (χ0v) is 12.8. The molecule has 0 amide bonds. The minimum Gasteiger partial charge on any atom is -0.383 e. The van der Waals surface area contributed by atoms with Crippen LogP contribution in [0.5, 0.6) is 0 Å². The zero-order valence-electron chi connectivity index (χ0n) is 11.2. The number of aryl methyl sites for hydroxylation is 1. The summed E-state index contributed by atoms with van der Waals surface area (Å²) in [7, 11) is 1.70. The highest BCUT2D eigenvalue weighted by Crippen LogP contribution is 2.24. The summed E-state index contributed by atoms with van der Waals surface area (Å²) in [6.45, 7) is 4.37. The summed E-state index contributed by atoms with van der Waals surface area (Å²) in [5.74, 6) is 0. The lowest BCUT2D eigenvalue weighted by Gasteiger charge is -2.07. The number of halogens is 1. The Bertz CT molecular complexity index is 539. The summed E-state index contributed by atoms with van der Waals surface area (Å²) in [5.41, 5.74) is 3.28. The average molecular weight is 324 g/mol. The second-order valence-electron chi connectivity index (χ2n) is 4.33. The Morgan fingerprint density at radius 1 is 1.37 bits per heavy atom. The topological polar surface area (TPSA) is 39.1 Å². The van der Waals surface area contributed by atoms with Gasteiger partial charge < -0.3 is 10.1 Å². The minimum absolute atomic E-state index is 0.712. The Morgan fingerprint density at radius 2 is 2.21 bits per heavy atom. The SMILES string of the molecule is COCCNCc1ccn(-c2cccc(C)c2Br)n1. The van der Waals surface area contributed by atoms with Crippen LogP contribution in [0, 0.1) is 6.92 Å². The third kappa shape index (κ3) is 3.65. The molecule has 0 aliphatic heterocycles. The molecule has 0 aliphatic rings. The molecule has 1 N–H and O–H groups in total. The van der Waals surface area contributed by atoms with Gasteiger partial charge in [-0.05, 0) is 40.5 Å². The van der Waals surface area contributed by atoms with Crippen LogP contribution in [0.3, 0.4) is 0 Å². The molecule has 0 radical (unpaired) electrons. The molecule has 1 heterocycles. The van der Waals surface area contributed by atoms with Crippen molar-refractivity contribution in [2.45, 2.75) is 13.5 Å². The molecule has 1 aromatic carbocycles. The van der Waals surface area contributed by atoms with Crippen molar-refractivity contribution in [1.82, 2.24) is 15.1 Å². The predicted octanol–water partition coefficient (Wildman–Crippen LogP) is 2.68. The van der Waals surface area contributed by atoms with Crippen LogP contribution in [0.4, 0.5) is 0 Å². The fourth-order valence-corrected chi connectivity index (χ4v) is 2.24. The van der Waals surface area contributed by atoms with E-state index in [1.807, 2.05) is 29.1 Å². The molecule has 0 saturated carbocycles. The fourth-order valence-electron chi connectivity index (χ4n) is 1.79. The van der Waals surface area contributed by atoms with Crippen molar-refractivity contribution < 1.29 is 4.74 Å². The number of methoxy groups -OCH3 is 1. The van der Waals surface area contributed by atoms with Crippen LogP contribution in [0.1, 0.15) is 11.3 Å². The first-order valence-electron chi connectivity index (χ1n) is 6.22. The van der Waals surface area contributed by atoms with Gasteiger partial charge in [0.05, 0.1) is 18.0 Å². The highest BCUT2D eigenvalue weighted by atomic mass is 79.9. The van der Waals surface area contributed by atoms with Gasteiger partial charge in [-0.3, -0.25) is 0 Å². The molecule has 4 nitrogen and oxygen atoms in total. The number of aromatic nitrogens is 2. The monoisotopic (exact) mass is 323 g/mol. The predicted molar refractivity (Wildman–Crippen MR) is 79.6 cm³/mol. The van der Waals surface area contributed by atoms with Crippen molar-refractivity contribution in [2.75, 3.05) is 20.3 Å². The maximum absolute atomic E-state index is 4.99. The normalized spacial score (nSPS) is 10.9. The molecule has 0 spiro atoms. The van der Waals surface area contributed by atoms with E-state index in [4.69, 9.17) is 4.74 Å². The molecule has 0 aliphatic carbocycles. The van der Waals surface area contributed by atoms with E-state index in [2.05, 4.69) is 39.3 Å². The first-order valence-corrected chi connectivity index (χ1v) is 7.01. The lowest BCUT2D eigenvalue weighted by atomic mass is 10.2. The van der Waals surface area contributed by atoms with E-state index in [0.29, 0.717) is 6.61 Å². The van der Waals surface area contributed by atoms with Crippen molar-refractivity contribution in [1.29, 1.82) is 0 Å². The number of hydrogen-bond donors (Lipinski definition) is 1. The lowest BCUT2D eigenvalue weighted by molar-refractivity contribution is 0.199. The largest absolute Gasteiger partial charge is 0.383 e. The molecule has 5 heteroatoms. The van der Waals surface area contributed by atoms with Gasteiger partial charge in [0.2, 0.25) is 0 Å². The summed E-state index contributed by atoms with van der Waals surface area (Å²) in [6, 6.07) is 8.18. The van der Waals surface area contributed by atoms with Crippen LogP contribution in [-0.2, 0) is 11.3 Å². The quantitative estimate of drug-likeness (QED) is 0.831. The molecule has 0 bridgehead atoms. The van der Waals surface area contributed by atoms with Crippen LogP contribution in [0.25, 0.3) is 5.69 Å². The smallest absolute Gasteiger partial charge is 0.0790 e. The van der Waals surface area contributed by atoms with Gasteiger partial charge in [0.15, 0.2) is 0 Å². The zero-order chi connectivity index (χ0) is 13.7. The van der Waals surface area contributed by atoms with Gasteiger partial charge in [-0.2, -0.15) is 5.10 Å². The third-order valence-electron chi connectivity index (χ3n) is 2.85. The van der Waals surface area contributed by atoms with Gasteiger partial charge in [-0.15, -0.1) is 0 Å². The van der Waals surface area contributed by atoms with E-state index in [9.17, 15) is 0 Å². The van der Waals surface area contributed by atoms with Gasteiger partial charge in [-0.25, -0.2) is 4.68 Å². The van der Waals surface area contributed by atoms with E-state index >= 15 is 0 Å². The molecule has 102 valence electrons. The summed E-state index contributed by atoms with van der Waals surface area (Å²) in [5, 5.41) is 7.84. The van der Waals surface area contributed by atoms with E-state index in [1.165, 1.54) is 5.56 Å². The number of nitrogens with zero attached hydrogens (tertiary/aromatic N) is 2. The van der Waals surface area contributed by atoms with Crippen LogP contribution in [0.15, 0.2) is 34.9 Å². The summed E-state index contributed by atoms with van der Waals surface area (Å²) < 4.78 is 7.96. The molecule has 2 rings (SSSR count). The molecule has 2 aromatic rings. The van der Waals surface area contributed by atoms with Crippen molar-refractivity contribution in [2.24, 2.45) is 0 Å². The molecule has 1 aromatic heterocycles. The fraction of sp³-hybridized carbons (Fsp3) is 0.357. The number of nitrogens with one attached hydrogen (secondary N) is 1.